The van der Waals surface area contributed by atoms with Gasteiger partial charge >= 0.3 is 0 Å². The number of hydrogen-bond acceptors (Lipinski definition) is 3. The lowest BCUT2D eigenvalue weighted by atomic mass is 10.2. The van der Waals surface area contributed by atoms with E-state index in [-0.39, 0.29) is 0 Å². The summed E-state index contributed by atoms with van der Waals surface area (Å²) in [6.07, 6.45) is 6.99. The Kier molecular flexibility index (Phi) is 4.11. The fourth-order valence-corrected chi connectivity index (χ4v) is 1.26. The van der Waals surface area contributed by atoms with Crippen LogP contribution in [-0.2, 0) is 13.1 Å². The van der Waals surface area contributed by atoms with Gasteiger partial charge in [0.05, 0.1) is 12.2 Å². The van der Waals surface area contributed by atoms with E-state index >= 15 is 0 Å². The van der Waals surface area contributed by atoms with Gasteiger partial charge in [0.15, 0.2) is 0 Å². The first-order valence-corrected chi connectivity index (χ1v) is 4.52. The van der Waals surface area contributed by atoms with Crippen LogP contribution in [-0.4, -0.2) is 23.5 Å². The standard InChI is InChI=1S/C11H15N3/c1-3-6-14(2)9-10-4-5-13-11(7-10)8-12/h1,4-5,7H,6,8-9,12H2,2H3. The number of hydrogen-bond donors (Lipinski definition) is 1. The van der Waals surface area contributed by atoms with Crippen LogP contribution >= 0.6 is 0 Å². The average molecular weight is 189 g/mol. The van der Waals surface area contributed by atoms with E-state index < -0.39 is 0 Å². The van der Waals surface area contributed by atoms with Gasteiger partial charge in [-0.05, 0) is 24.7 Å². The summed E-state index contributed by atoms with van der Waals surface area (Å²) in [4.78, 5) is 6.19. The monoisotopic (exact) mass is 189 g/mol. The van der Waals surface area contributed by atoms with Crippen molar-refractivity contribution in [3.63, 3.8) is 0 Å². The molecule has 0 bridgehead atoms. The molecule has 0 aliphatic heterocycles. The quantitative estimate of drug-likeness (QED) is 0.705. The largest absolute Gasteiger partial charge is 0.325 e. The third-order valence-corrected chi connectivity index (χ3v) is 1.90. The first-order valence-electron chi connectivity index (χ1n) is 4.52. The average Bonchev–Trinajstić information content (AvgIpc) is 2.18. The highest BCUT2D eigenvalue weighted by Crippen LogP contribution is 2.03. The highest BCUT2D eigenvalue weighted by Gasteiger charge is 1.99. The summed E-state index contributed by atoms with van der Waals surface area (Å²) in [7, 11) is 1.99. The van der Waals surface area contributed by atoms with Crippen molar-refractivity contribution in [2.75, 3.05) is 13.6 Å². The van der Waals surface area contributed by atoms with Gasteiger partial charge in [-0.25, -0.2) is 0 Å². The summed E-state index contributed by atoms with van der Waals surface area (Å²) in [5.41, 5.74) is 7.61. The molecule has 0 saturated carbocycles. The minimum Gasteiger partial charge on any atom is -0.325 e. The lowest BCUT2D eigenvalue weighted by Crippen LogP contribution is -2.18. The van der Waals surface area contributed by atoms with E-state index in [1.54, 1.807) is 6.20 Å². The molecule has 0 aromatic carbocycles. The molecule has 0 fully saturated rings. The van der Waals surface area contributed by atoms with Gasteiger partial charge in [0, 0.05) is 19.3 Å². The van der Waals surface area contributed by atoms with Crippen molar-refractivity contribution in [2.45, 2.75) is 13.1 Å². The summed E-state index contributed by atoms with van der Waals surface area (Å²) >= 11 is 0. The molecule has 1 aromatic rings. The molecular formula is C11H15N3. The highest BCUT2D eigenvalue weighted by molar-refractivity contribution is 5.16. The SMILES string of the molecule is C#CCN(C)Cc1ccnc(CN)c1. The minimum atomic E-state index is 0.479. The van der Waals surface area contributed by atoms with Crippen molar-refractivity contribution < 1.29 is 0 Å². The van der Waals surface area contributed by atoms with Gasteiger partial charge in [-0.2, -0.15) is 0 Å². The Bertz CT molecular complexity index is 328. The van der Waals surface area contributed by atoms with E-state index in [1.807, 2.05) is 19.2 Å². The van der Waals surface area contributed by atoms with Gasteiger partial charge in [0.1, 0.15) is 0 Å². The van der Waals surface area contributed by atoms with Gasteiger partial charge in [-0.1, -0.05) is 5.92 Å². The fourth-order valence-electron chi connectivity index (χ4n) is 1.26. The molecule has 0 amide bonds. The van der Waals surface area contributed by atoms with Crippen LogP contribution in [0.5, 0.6) is 0 Å². The second-order valence-electron chi connectivity index (χ2n) is 3.24. The Morgan fingerprint density at radius 2 is 2.43 bits per heavy atom. The van der Waals surface area contributed by atoms with E-state index in [9.17, 15) is 0 Å². The maximum absolute atomic E-state index is 5.50. The molecule has 0 aliphatic carbocycles. The van der Waals surface area contributed by atoms with E-state index in [1.165, 1.54) is 5.56 Å². The molecule has 3 heteroatoms. The molecule has 1 rings (SSSR count). The molecule has 0 radical (unpaired) electrons. The van der Waals surface area contributed by atoms with E-state index in [0.29, 0.717) is 13.1 Å². The Morgan fingerprint density at radius 1 is 1.64 bits per heavy atom. The zero-order chi connectivity index (χ0) is 10.4. The van der Waals surface area contributed by atoms with Crippen LogP contribution < -0.4 is 5.73 Å². The first kappa shape index (κ1) is 10.7. The van der Waals surface area contributed by atoms with Gasteiger partial charge in [0.2, 0.25) is 0 Å². The second kappa shape index (κ2) is 5.38. The van der Waals surface area contributed by atoms with Gasteiger partial charge < -0.3 is 5.73 Å². The van der Waals surface area contributed by atoms with Crippen molar-refractivity contribution in [3.8, 4) is 12.3 Å². The number of aromatic nitrogens is 1. The summed E-state index contributed by atoms with van der Waals surface area (Å²) < 4.78 is 0. The maximum atomic E-state index is 5.50. The smallest absolute Gasteiger partial charge is 0.0599 e. The number of pyridine rings is 1. The molecule has 0 aliphatic rings. The Balaban J connectivity index is 2.63. The molecule has 1 heterocycles. The van der Waals surface area contributed by atoms with Crippen molar-refractivity contribution in [1.82, 2.24) is 9.88 Å². The van der Waals surface area contributed by atoms with Crippen LogP contribution in [0.2, 0.25) is 0 Å². The normalized spacial score (nSPS) is 10.1. The van der Waals surface area contributed by atoms with Gasteiger partial charge in [-0.3, -0.25) is 9.88 Å². The number of rotatable bonds is 4. The molecular weight excluding hydrogens is 174 g/mol. The van der Waals surface area contributed by atoms with Crippen LogP contribution in [0.25, 0.3) is 0 Å². The van der Waals surface area contributed by atoms with Crippen molar-refractivity contribution in [1.29, 1.82) is 0 Å². The van der Waals surface area contributed by atoms with E-state index in [2.05, 4.69) is 15.8 Å². The third kappa shape index (κ3) is 3.17. The summed E-state index contributed by atoms with van der Waals surface area (Å²) in [5.74, 6) is 2.60. The molecule has 0 unspecified atom stereocenters. The zero-order valence-electron chi connectivity index (χ0n) is 8.40. The lowest BCUT2D eigenvalue weighted by Gasteiger charge is -2.13. The highest BCUT2D eigenvalue weighted by atomic mass is 15.1. The summed E-state index contributed by atoms with van der Waals surface area (Å²) in [6, 6.07) is 3.99. The molecule has 1 aromatic heterocycles. The fraction of sp³-hybridized carbons (Fsp3) is 0.364. The molecule has 14 heavy (non-hydrogen) atoms. The molecule has 3 nitrogen and oxygen atoms in total. The van der Waals surface area contributed by atoms with Crippen LogP contribution in [0.15, 0.2) is 18.3 Å². The Hall–Kier alpha value is -1.37. The van der Waals surface area contributed by atoms with Gasteiger partial charge in [-0.15, -0.1) is 6.42 Å². The summed E-state index contributed by atoms with van der Waals surface area (Å²) in [6.45, 7) is 1.96. The van der Waals surface area contributed by atoms with E-state index in [4.69, 9.17) is 12.2 Å². The zero-order valence-corrected chi connectivity index (χ0v) is 8.40. The molecule has 0 spiro atoms. The predicted molar refractivity (Wildman–Crippen MR) is 57.3 cm³/mol. The third-order valence-electron chi connectivity index (χ3n) is 1.90. The minimum absolute atomic E-state index is 0.479. The van der Waals surface area contributed by atoms with Crippen LogP contribution in [0.1, 0.15) is 11.3 Å². The van der Waals surface area contributed by atoms with Crippen LogP contribution in [0.4, 0.5) is 0 Å². The van der Waals surface area contributed by atoms with Crippen molar-refractivity contribution in [3.05, 3.63) is 29.6 Å². The predicted octanol–water partition coefficient (Wildman–Crippen LogP) is 0.605. The van der Waals surface area contributed by atoms with Crippen molar-refractivity contribution >= 4 is 0 Å². The van der Waals surface area contributed by atoms with Gasteiger partial charge in [0.25, 0.3) is 0 Å². The Labute approximate surface area is 84.9 Å². The molecule has 74 valence electrons. The first-order chi connectivity index (χ1) is 6.76. The number of nitrogens with zero attached hydrogens (tertiary/aromatic N) is 2. The molecule has 0 atom stereocenters. The Morgan fingerprint density at radius 3 is 3.07 bits per heavy atom. The molecule has 0 saturated heterocycles. The van der Waals surface area contributed by atoms with E-state index in [0.717, 1.165) is 12.2 Å². The maximum Gasteiger partial charge on any atom is 0.0599 e. The topological polar surface area (TPSA) is 42.2 Å². The lowest BCUT2D eigenvalue weighted by molar-refractivity contribution is 0.369. The van der Waals surface area contributed by atoms with Crippen LogP contribution in [0, 0.1) is 12.3 Å². The van der Waals surface area contributed by atoms with Crippen LogP contribution in [0.3, 0.4) is 0 Å². The second-order valence-corrected chi connectivity index (χ2v) is 3.24. The molecule has 2 N–H and O–H groups in total. The number of terminal acetylenes is 1. The number of nitrogens with two attached hydrogens (primary N) is 1. The summed E-state index contributed by atoms with van der Waals surface area (Å²) in [5, 5.41) is 0. The van der Waals surface area contributed by atoms with Crippen molar-refractivity contribution in [2.24, 2.45) is 5.73 Å².